The van der Waals surface area contributed by atoms with Crippen molar-refractivity contribution in [2.24, 2.45) is 0 Å². The van der Waals surface area contributed by atoms with Crippen molar-refractivity contribution < 1.29 is 4.52 Å². The average molecular weight is 355 g/mol. The number of hydrogen-bond donors (Lipinski definition) is 0. The zero-order valence-electron chi connectivity index (χ0n) is 10.2. The van der Waals surface area contributed by atoms with E-state index in [1.807, 2.05) is 24.4 Å². The first-order valence-electron chi connectivity index (χ1n) is 5.78. The number of hydrogen-bond acceptors (Lipinski definition) is 5. The minimum absolute atomic E-state index is 0.372. The second-order valence-corrected chi connectivity index (χ2v) is 5.00. The van der Waals surface area contributed by atoms with E-state index < -0.39 is 0 Å². The first kappa shape index (κ1) is 13.3. The van der Waals surface area contributed by atoms with Crippen LogP contribution >= 0.6 is 27.5 Å². The Bertz CT molecular complexity index is 726. The van der Waals surface area contributed by atoms with Crippen LogP contribution in [0.25, 0.3) is 11.4 Å². The van der Waals surface area contributed by atoms with Gasteiger partial charge in [-0.15, -0.1) is 5.10 Å². The molecule has 0 fully saturated rings. The maximum atomic E-state index is 6.10. The molecule has 2 heterocycles. The third-order valence-electron chi connectivity index (χ3n) is 2.60. The highest BCUT2D eigenvalue weighted by molar-refractivity contribution is 9.08. The van der Waals surface area contributed by atoms with Crippen LogP contribution in [0.5, 0.6) is 0 Å². The molecule has 0 saturated carbocycles. The van der Waals surface area contributed by atoms with Gasteiger partial charge in [0.15, 0.2) is 0 Å². The third-order valence-corrected chi connectivity index (χ3v) is 3.51. The third kappa shape index (κ3) is 2.73. The van der Waals surface area contributed by atoms with E-state index >= 15 is 0 Å². The highest BCUT2D eigenvalue weighted by Gasteiger charge is 2.12. The molecule has 3 aromatic rings. The number of halogens is 2. The minimum atomic E-state index is 0.372. The van der Waals surface area contributed by atoms with Crippen LogP contribution in [0.2, 0.25) is 5.02 Å². The van der Waals surface area contributed by atoms with Crippen molar-refractivity contribution in [3.63, 3.8) is 0 Å². The van der Waals surface area contributed by atoms with E-state index in [9.17, 15) is 0 Å². The Morgan fingerprint density at radius 3 is 2.90 bits per heavy atom. The quantitative estimate of drug-likeness (QED) is 0.674. The van der Waals surface area contributed by atoms with E-state index in [4.69, 9.17) is 16.1 Å². The zero-order chi connectivity index (χ0) is 13.9. The lowest BCUT2D eigenvalue weighted by atomic mass is 10.2. The number of benzene rings is 1. The van der Waals surface area contributed by atoms with Gasteiger partial charge in [-0.3, -0.25) is 0 Å². The molecule has 0 aliphatic carbocycles. The van der Waals surface area contributed by atoms with Crippen molar-refractivity contribution in [1.82, 2.24) is 25.1 Å². The summed E-state index contributed by atoms with van der Waals surface area (Å²) in [6, 6.07) is 7.35. The average Bonchev–Trinajstić information content (AvgIpc) is 3.09. The molecule has 8 heteroatoms. The molecule has 0 spiro atoms. The fourth-order valence-corrected chi connectivity index (χ4v) is 2.16. The van der Waals surface area contributed by atoms with Crippen LogP contribution < -0.4 is 0 Å². The van der Waals surface area contributed by atoms with E-state index in [1.54, 1.807) is 10.7 Å². The van der Waals surface area contributed by atoms with Crippen LogP contribution in [0.3, 0.4) is 0 Å². The Morgan fingerprint density at radius 2 is 2.15 bits per heavy atom. The first-order valence-corrected chi connectivity index (χ1v) is 7.28. The molecule has 0 bridgehead atoms. The highest BCUT2D eigenvalue weighted by Crippen LogP contribution is 2.24. The molecule has 0 radical (unpaired) electrons. The molecule has 20 heavy (non-hydrogen) atoms. The van der Waals surface area contributed by atoms with Gasteiger partial charge in [0.2, 0.25) is 11.7 Å². The molecule has 0 atom stereocenters. The molecular weight excluding hydrogens is 346 g/mol. The van der Waals surface area contributed by atoms with Gasteiger partial charge in [0.25, 0.3) is 0 Å². The van der Waals surface area contributed by atoms with E-state index in [-0.39, 0.29) is 0 Å². The first-order chi connectivity index (χ1) is 9.76. The molecule has 2 aromatic heterocycles. The Labute approximate surface area is 127 Å². The summed E-state index contributed by atoms with van der Waals surface area (Å²) in [5.41, 5.74) is 1.58. The van der Waals surface area contributed by atoms with Crippen LogP contribution in [0.15, 0.2) is 35.0 Å². The second-order valence-electron chi connectivity index (χ2n) is 4.03. The number of alkyl halides is 1. The van der Waals surface area contributed by atoms with Crippen LogP contribution in [0.4, 0.5) is 0 Å². The molecule has 3 rings (SSSR count). The van der Waals surface area contributed by atoms with Gasteiger partial charge in [0.1, 0.15) is 6.54 Å². The van der Waals surface area contributed by atoms with Gasteiger partial charge in [-0.05, 0) is 12.1 Å². The fraction of sp³-hybridized carbons (Fsp3) is 0.167. The van der Waals surface area contributed by atoms with E-state index in [0.29, 0.717) is 28.6 Å². The van der Waals surface area contributed by atoms with E-state index in [0.717, 1.165) is 11.3 Å². The number of rotatable bonds is 4. The topological polar surface area (TPSA) is 69.6 Å². The smallest absolute Gasteiger partial charge is 0.248 e. The summed E-state index contributed by atoms with van der Waals surface area (Å²) in [6.07, 6.45) is 1.81. The summed E-state index contributed by atoms with van der Waals surface area (Å²) >= 11 is 9.41. The molecule has 0 amide bonds. The monoisotopic (exact) mass is 353 g/mol. The molecule has 0 unspecified atom stereocenters. The molecular formula is C12H9BrClN5O. The molecule has 0 aliphatic heterocycles. The van der Waals surface area contributed by atoms with E-state index in [2.05, 4.69) is 36.4 Å². The summed E-state index contributed by atoms with van der Waals surface area (Å²) in [5, 5.41) is 13.1. The van der Waals surface area contributed by atoms with Crippen LogP contribution in [0, 0.1) is 0 Å². The molecule has 0 N–H and O–H groups in total. The Kier molecular flexibility index (Phi) is 3.79. The largest absolute Gasteiger partial charge is 0.337 e. The molecule has 6 nitrogen and oxygen atoms in total. The summed E-state index contributed by atoms with van der Waals surface area (Å²) in [7, 11) is 0. The lowest BCUT2D eigenvalue weighted by molar-refractivity contribution is 0.364. The lowest BCUT2D eigenvalue weighted by Crippen LogP contribution is -2.00. The molecule has 102 valence electrons. The van der Waals surface area contributed by atoms with Crippen LogP contribution in [-0.4, -0.2) is 25.1 Å². The minimum Gasteiger partial charge on any atom is -0.337 e. The van der Waals surface area contributed by atoms with Crippen molar-refractivity contribution in [2.75, 3.05) is 0 Å². The van der Waals surface area contributed by atoms with Crippen molar-refractivity contribution in [2.45, 2.75) is 11.9 Å². The van der Waals surface area contributed by atoms with Gasteiger partial charge in [-0.1, -0.05) is 50.0 Å². The van der Waals surface area contributed by atoms with E-state index in [1.165, 1.54) is 0 Å². The fourth-order valence-electron chi connectivity index (χ4n) is 1.69. The van der Waals surface area contributed by atoms with Gasteiger partial charge >= 0.3 is 0 Å². The standard InChI is InChI=1S/C12H9BrClN5O/c13-5-8-6-19(18-16-8)7-11-15-12(17-20-11)9-3-1-2-4-10(9)14/h1-4,6H,5,7H2. The summed E-state index contributed by atoms with van der Waals surface area (Å²) in [5.74, 6) is 0.914. The predicted molar refractivity (Wildman–Crippen MR) is 76.5 cm³/mol. The Balaban J connectivity index is 1.82. The van der Waals surface area contributed by atoms with Crippen LogP contribution in [-0.2, 0) is 11.9 Å². The molecule has 1 aromatic carbocycles. The van der Waals surface area contributed by atoms with Crippen molar-refractivity contribution in [3.8, 4) is 11.4 Å². The van der Waals surface area contributed by atoms with Crippen LogP contribution in [0.1, 0.15) is 11.6 Å². The lowest BCUT2D eigenvalue weighted by Gasteiger charge is -1.96. The summed E-state index contributed by atoms with van der Waals surface area (Å²) < 4.78 is 6.84. The summed E-state index contributed by atoms with van der Waals surface area (Å²) in [4.78, 5) is 4.31. The van der Waals surface area contributed by atoms with Crippen molar-refractivity contribution in [3.05, 3.63) is 47.1 Å². The van der Waals surface area contributed by atoms with Crippen molar-refractivity contribution in [1.29, 1.82) is 0 Å². The second kappa shape index (κ2) is 5.72. The van der Waals surface area contributed by atoms with Gasteiger partial charge in [-0.2, -0.15) is 4.98 Å². The number of nitrogens with zero attached hydrogens (tertiary/aromatic N) is 5. The number of aromatic nitrogens is 5. The molecule has 0 saturated heterocycles. The van der Waals surface area contributed by atoms with Gasteiger partial charge < -0.3 is 4.52 Å². The Hall–Kier alpha value is -1.73. The zero-order valence-corrected chi connectivity index (χ0v) is 12.5. The normalized spacial score (nSPS) is 10.9. The summed E-state index contributed by atoms with van der Waals surface area (Å²) in [6.45, 7) is 0.372. The van der Waals surface area contributed by atoms with Gasteiger partial charge in [0.05, 0.1) is 10.7 Å². The Morgan fingerprint density at radius 1 is 1.30 bits per heavy atom. The maximum absolute atomic E-state index is 6.10. The highest BCUT2D eigenvalue weighted by atomic mass is 79.9. The van der Waals surface area contributed by atoms with Gasteiger partial charge in [-0.25, -0.2) is 4.68 Å². The van der Waals surface area contributed by atoms with Crippen molar-refractivity contribution >= 4 is 27.5 Å². The molecule has 0 aliphatic rings. The van der Waals surface area contributed by atoms with Gasteiger partial charge in [0, 0.05) is 17.1 Å². The predicted octanol–water partition coefficient (Wildman–Crippen LogP) is 2.92. The maximum Gasteiger partial charge on any atom is 0.248 e. The SMILES string of the molecule is Clc1ccccc1-c1noc(Cn2cc(CBr)nn2)n1.